The van der Waals surface area contributed by atoms with Gasteiger partial charge in [0.15, 0.2) is 0 Å². The van der Waals surface area contributed by atoms with Crippen LogP contribution < -0.4 is 0 Å². The number of rotatable bonds is 1. The molecule has 1 amide bonds. The molecule has 0 saturated carbocycles. The number of amides is 1. The summed E-state index contributed by atoms with van der Waals surface area (Å²) >= 11 is 0. The van der Waals surface area contributed by atoms with Crippen LogP contribution in [0.5, 0.6) is 0 Å². The number of ether oxygens (including phenoxy) is 1. The van der Waals surface area contributed by atoms with Crippen LogP contribution in [-0.2, 0) is 4.74 Å². The summed E-state index contributed by atoms with van der Waals surface area (Å²) in [6, 6.07) is 0. The van der Waals surface area contributed by atoms with Crippen molar-refractivity contribution in [1.29, 1.82) is 0 Å². The lowest BCUT2D eigenvalue weighted by Crippen LogP contribution is -2.35. The summed E-state index contributed by atoms with van der Waals surface area (Å²) < 4.78 is 5.35. The van der Waals surface area contributed by atoms with Crippen LogP contribution in [0.3, 0.4) is 0 Å². The van der Waals surface area contributed by atoms with E-state index in [1.165, 1.54) is 0 Å². The molecule has 2 atom stereocenters. The Morgan fingerprint density at radius 2 is 2.00 bits per heavy atom. The van der Waals surface area contributed by atoms with E-state index in [-0.39, 0.29) is 11.7 Å². The molecule has 88 valence electrons. The Morgan fingerprint density at radius 3 is 2.40 bits per heavy atom. The first-order valence-corrected chi connectivity index (χ1v) is 5.81. The van der Waals surface area contributed by atoms with Crippen molar-refractivity contribution in [3.05, 3.63) is 0 Å². The number of carbonyl (C=O) groups is 1. The van der Waals surface area contributed by atoms with Crippen LogP contribution in [0.4, 0.5) is 4.79 Å². The van der Waals surface area contributed by atoms with Crippen molar-refractivity contribution < 1.29 is 9.53 Å². The predicted molar refractivity (Wildman–Crippen MR) is 60.8 cm³/mol. The smallest absolute Gasteiger partial charge is 0.410 e. The standard InChI is InChI=1S/C12H23NO2/c1-6-10-8-13(7-9(10)2)11(14)15-12(3,4)5/h9-10H,6-8H2,1-5H3/t9?,10-/m0/s1. The maximum Gasteiger partial charge on any atom is 0.410 e. The lowest BCUT2D eigenvalue weighted by atomic mass is 9.96. The zero-order valence-corrected chi connectivity index (χ0v) is 10.5. The summed E-state index contributed by atoms with van der Waals surface area (Å²) in [7, 11) is 0. The van der Waals surface area contributed by atoms with Crippen LogP contribution >= 0.6 is 0 Å². The third-order valence-corrected chi connectivity index (χ3v) is 2.94. The molecule has 15 heavy (non-hydrogen) atoms. The Labute approximate surface area is 92.8 Å². The van der Waals surface area contributed by atoms with E-state index in [1.807, 2.05) is 25.7 Å². The van der Waals surface area contributed by atoms with E-state index in [0.717, 1.165) is 19.5 Å². The van der Waals surface area contributed by atoms with Crippen molar-refractivity contribution in [1.82, 2.24) is 4.90 Å². The second-order valence-electron chi connectivity index (χ2n) is 5.53. The van der Waals surface area contributed by atoms with Crippen molar-refractivity contribution in [2.45, 2.75) is 46.6 Å². The fourth-order valence-corrected chi connectivity index (χ4v) is 2.04. The Kier molecular flexibility index (Phi) is 3.63. The molecule has 0 aromatic carbocycles. The minimum atomic E-state index is -0.384. The second kappa shape index (κ2) is 4.42. The van der Waals surface area contributed by atoms with Crippen molar-refractivity contribution in [3.8, 4) is 0 Å². The van der Waals surface area contributed by atoms with Gasteiger partial charge in [0.25, 0.3) is 0 Å². The topological polar surface area (TPSA) is 29.5 Å². The van der Waals surface area contributed by atoms with Crippen molar-refractivity contribution >= 4 is 6.09 Å². The monoisotopic (exact) mass is 213 g/mol. The lowest BCUT2D eigenvalue weighted by molar-refractivity contribution is 0.0284. The van der Waals surface area contributed by atoms with Crippen LogP contribution in [0.25, 0.3) is 0 Å². The minimum absolute atomic E-state index is 0.162. The fraction of sp³-hybridized carbons (Fsp3) is 0.917. The van der Waals surface area contributed by atoms with Gasteiger partial charge in [-0.1, -0.05) is 20.3 Å². The van der Waals surface area contributed by atoms with E-state index in [0.29, 0.717) is 11.8 Å². The molecule has 3 heteroatoms. The average molecular weight is 213 g/mol. The number of nitrogens with zero attached hydrogens (tertiary/aromatic N) is 1. The van der Waals surface area contributed by atoms with Gasteiger partial charge < -0.3 is 9.64 Å². The zero-order valence-electron chi connectivity index (χ0n) is 10.5. The molecule has 0 aliphatic carbocycles. The van der Waals surface area contributed by atoms with Crippen molar-refractivity contribution in [2.24, 2.45) is 11.8 Å². The Balaban J connectivity index is 2.50. The van der Waals surface area contributed by atoms with E-state index in [1.54, 1.807) is 0 Å². The quantitative estimate of drug-likeness (QED) is 0.670. The number of hydrogen-bond donors (Lipinski definition) is 0. The molecule has 0 radical (unpaired) electrons. The molecular weight excluding hydrogens is 190 g/mol. The Hall–Kier alpha value is -0.730. The van der Waals surface area contributed by atoms with Crippen molar-refractivity contribution in [3.63, 3.8) is 0 Å². The highest BCUT2D eigenvalue weighted by Gasteiger charge is 2.33. The summed E-state index contributed by atoms with van der Waals surface area (Å²) in [5.74, 6) is 1.24. The molecule has 0 aromatic heterocycles. The van der Waals surface area contributed by atoms with Gasteiger partial charge in [-0.05, 0) is 32.6 Å². The van der Waals surface area contributed by atoms with Crippen LogP contribution in [0.2, 0.25) is 0 Å². The van der Waals surface area contributed by atoms with Crippen LogP contribution in [0.15, 0.2) is 0 Å². The lowest BCUT2D eigenvalue weighted by Gasteiger charge is -2.24. The number of carbonyl (C=O) groups excluding carboxylic acids is 1. The first-order valence-electron chi connectivity index (χ1n) is 5.81. The third-order valence-electron chi connectivity index (χ3n) is 2.94. The predicted octanol–water partition coefficient (Wildman–Crippen LogP) is 2.90. The largest absolute Gasteiger partial charge is 0.444 e. The number of hydrogen-bond acceptors (Lipinski definition) is 2. The van der Waals surface area contributed by atoms with Crippen LogP contribution in [0.1, 0.15) is 41.0 Å². The fourth-order valence-electron chi connectivity index (χ4n) is 2.04. The summed E-state index contributed by atoms with van der Waals surface area (Å²) in [5.41, 5.74) is -0.384. The number of likely N-dealkylation sites (tertiary alicyclic amines) is 1. The second-order valence-corrected chi connectivity index (χ2v) is 5.53. The summed E-state index contributed by atoms with van der Waals surface area (Å²) in [5, 5.41) is 0. The molecule has 1 saturated heterocycles. The maximum atomic E-state index is 11.8. The van der Waals surface area contributed by atoms with Gasteiger partial charge in [-0.25, -0.2) is 4.79 Å². The van der Waals surface area contributed by atoms with Crippen LogP contribution in [0, 0.1) is 11.8 Å². The molecule has 1 aliphatic rings. The van der Waals surface area contributed by atoms with Gasteiger partial charge in [0.2, 0.25) is 0 Å². The molecule has 0 bridgehead atoms. The molecule has 0 spiro atoms. The summed E-state index contributed by atoms with van der Waals surface area (Å²) in [6.07, 6.45) is 0.978. The normalized spacial score (nSPS) is 26.9. The van der Waals surface area contributed by atoms with Gasteiger partial charge in [0.05, 0.1) is 0 Å². The summed E-state index contributed by atoms with van der Waals surface area (Å²) in [4.78, 5) is 13.6. The first-order chi connectivity index (χ1) is 6.83. The molecule has 1 unspecified atom stereocenters. The average Bonchev–Trinajstić information content (AvgIpc) is 2.43. The third kappa shape index (κ3) is 3.40. The molecule has 0 aromatic rings. The highest BCUT2D eigenvalue weighted by Crippen LogP contribution is 2.26. The van der Waals surface area contributed by atoms with Crippen LogP contribution in [-0.4, -0.2) is 29.7 Å². The van der Waals surface area contributed by atoms with Gasteiger partial charge in [0, 0.05) is 13.1 Å². The molecule has 3 nitrogen and oxygen atoms in total. The van der Waals surface area contributed by atoms with Gasteiger partial charge in [-0.15, -0.1) is 0 Å². The van der Waals surface area contributed by atoms with E-state index < -0.39 is 0 Å². The Bertz CT molecular complexity index is 232. The van der Waals surface area contributed by atoms with Gasteiger partial charge in [-0.2, -0.15) is 0 Å². The SMILES string of the molecule is CC[C@H]1CN(C(=O)OC(C)(C)C)CC1C. The van der Waals surface area contributed by atoms with E-state index in [4.69, 9.17) is 4.74 Å². The molecular formula is C12H23NO2. The van der Waals surface area contributed by atoms with Crippen molar-refractivity contribution in [2.75, 3.05) is 13.1 Å². The molecule has 1 rings (SSSR count). The van der Waals surface area contributed by atoms with E-state index in [9.17, 15) is 4.79 Å². The van der Waals surface area contributed by atoms with E-state index >= 15 is 0 Å². The highest BCUT2D eigenvalue weighted by molar-refractivity contribution is 5.68. The molecule has 1 heterocycles. The Morgan fingerprint density at radius 1 is 1.40 bits per heavy atom. The minimum Gasteiger partial charge on any atom is -0.444 e. The molecule has 1 aliphatic heterocycles. The molecule has 0 N–H and O–H groups in total. The maximum absolute atomic E-state index is 11.8. The molecule has 1 fully saturated rings. The zero-order chi connectivity index (χ0) is 11.6. The first kappa shape index (κ1) is 12.3. The highest BCUT2D eigenvalue weighted by atomic mass is 16.6. The van der Waals surface area contributed by atoms with E-state index in [2.05, 4.69) is 13.8 Å². The summed E-state index contributed by atoms with van der Waals surface area (Å²) in [6.45, 7) is 11.8. The van der Waals surface area contributed by atoms with Gasteiger partial charge in [0.1, 0.15) is 5.60 Å². The van der Waals surface area contributed by atoms with Gasteiger partial charge >= 0.3 is 6.09 Å². The van der Waals surface area contributed by atoms with Gasteiger partial charge in [-0.3, -0.25) is 0 Å².